The topological polar surface area (TPSA) is 104 Å². The number of imidazole rings is 1. The van der Waals surface area contributed by atoms with Gasteiger partial charge in [-0.25, -0.2) is 19.6 Å². The number of anilines is 1. The van der Waals surface area contributed by atoms with E-state index in [1.165, 1.54) is 29.1 Å². The van der Waals surface area contributed by atoms with E-state index >= 15 is 0 Å². The molecule has 4 heterocycles. The fourth-order valence-electron chi connectivity index (χ4n) is 2.38. The van der Waals surface area contributed by atoms with Crippen molar-refractivity contribution in [2.24, 2.45) is 7.05 Å². The highest BCUT2D eigenvalue weighted by atomic mass is 32.2. The van der Waals surface area contributed by atoms with E-state index < -0.39 is 0 Å². The molecule has 0 unspecified atom stereocenters. The summed E-state index contributed by atoms with van der Waals surface area (Å²) in [5.41, 5.74) is 0.508. The average Bonchev–Trinajstić information content (AvgIpc) is 3.43. The Balaban J connectivity index is 1.45. The fraction of sp³-hybridized carbons (Fsp3) is 0.118. The Kier molecular flexibility index (Phi) is 4.71. The molecule has 0 bridgehead atoms. The first-order chi connectivity index (χ1) is 13.2. The van der Waals surface area contributed by atoms with Crippen LogP contribution in [0.2, 0.25) is 0 Å². The average molecular weight is 381 g/mol. The number of pyridine rings is 1. The number of amides is 1. The van der Waals surface area contributed by atoms with E-state index in [1.807, 2.05) is 17.8 Å². The van der Waals surface area contributed by atoms with E-state index in [1.54, 1.807) is 36.7 Å². The summed E-state index contributed by atoms with van der Waals surface area (Å²) in [4.78, 5) is 24.9. The first-order valence-electron chi connectivity index (χ1n) is 8.01. The second-order valence-electron chi connectivity index (χ2n) is 5.54. The summed E-state index contributed by atoms with van der Waals surface area (Å²) in [5.74, 6) is 1.60. The summed E-state index contributed by atoms with van der Waals surface area (Å²) in [6, 6.07) is 6.90. The number of hydrogen-bond acceptors (Lipinski definition) is 7. The number of nitrogens with zero attached hydrogens (tertiary/aromatic N) is 6. The van der Waals surface area contributed by atoms with Crippen molar-refractivity contribution in [1.29, 1.82) is 0 Å². The molecule has 0 atom stereocenters. The van der Waals surface area contributed by atoms with E-state index in [4.69, 9.17) is 4.42 Å². The Labute approximate surface area is 158 Å². The Bertz CT molecular complexity index is 1050. The first kappa shape index (κ1) is 17.0. The molecule has 4 aromatic heterocycles. The third kappa shape index (κ3) is 3.75. The highest BCUT2D eigenvalue weighted by molar-refractivity contribution is 7.98. The smallest absolute Gasteiger partial charge is 0.291 e. The normalized spacial score (nSPS) is 10.9. The van der Waals surface area contributed by atoms with Gasteiger partial charge in [0, 0.05) is 25.6 Å². The maximum atomic E-state index is 12.5. The molecule has 0 aliphatic heterocycles. The fourth-order valence-corrected chi connectivity index (χ4v) is 3.21. The molecular formula is C17H15N7O2S. The van der Waals surface area contributed by atoms with Crippen molar-refractivity contribution >= 4 is 23.4 Å². The van der Waals surface area contributed by atoms with Gasteiger partial charge in [-0.15, -0.1) is 0 Å². The molecule has 0 spiro atoms. The van der Waals surface area contributed by atoms with Gasteiger partial charge in [0.25, 0.3) is 5.91 Å². The van der Waals surface area contributed by atoms with Gasteiger partial charge in [0.2, 0.25) is 0 Å². The van der Waals surface area contributed by atoms with E-state index in [9.17, 15) is 4.79 Å². The van der Waals surface area contributed by atoms with E-state index in [0.717, 1.165) is 5.16 Å². The van der Waals surface area contributed by atoms with Crippen LogP contribution in [-0.2, 0) is 12.8 Å². The van der Waals surface area contributed by atoms with Crippen LogP contribution in [0.3, 0.4) is 0 Å². The minimum Gasteiger partial charge on any atom is -0.455 e. The van der Waals surface area contributed by atoms with E-state index in [2.05, 4.69) is 25.4 Å². The molecule has 0 saturated heterocycles. The minimum atomic E-state index is -0.363. The van der Waals surface area contributed by atoms with Crippen molar-refractivity contribution in [3.8, 4) is 5.82 Å². The SMILES string of the molecule is Cn1ccnc1SCc1ccc(C(=O)Nc2cccnc2-n2cncn2)o1. The Morgan fingerprint density at radius 2 is 2.19 bits per heavy atom. The molecule has 0 saturated carbocycles. The Morgan fingerprint density at radius 1 is 1.26 bits per heavy atom. The van der Waals surface area contributed by atoms with Crippen LogP contribution >= 0.6 is 11.8 Å². The molecule has 0 aliphatic carbocycles. The van der Waals surface area contributed by atoms with Gasteiger partial charge in [0.15, 0.2) is 16.7 Å². The molecule has 1 amide bonds. The summed E-state index contributed by atoms with van der Waals surface area (Å²) < 4.78 is 9.07. The van der Waals surface area contributed by atoms with Crippen molar-refractivity contribution < 1.29 is 9.21 Å². The zero-order valence-electron chi connectivity index (χ0n) is 14.3. The maximum Gasteiger partial charge on any atom is 0.291 e. The van der Waals surface area contributed by atoms with Gasteiger partial charge in [-0.2, -0.15) is 5.10 Å². The molecule has 1 N–H and O–H groups in total. The summed E-state index contributed by atoms with van der Waals surface area (Å²) in [6.07, 6.45) is 8.15. The molecule has 9 nitrogen and oxygen atoms in total. The summed E-state index contributed by atoms with van der Waals surface area (Å²) in [6.45, 7) is 0. The third-order valence-electron chi connectivity index (χ3n) is 3.68. The summed E-state index contributed by atoms with van der Waals surface area (Å²) in [7, 11) is 1.93. The zero-order valence-corrected chi connectivity index (χ0v) is 15.1. The Morgan fingerprint density at radius 3 is 2.96 bits per heavy atom. The summed E-state index contributed by atoms with van der Waals surface area (Å²) >= 11 is 1.53. The molecule has 0 aliphatic rings. The van der Waals surface area contributed by atoms with Crippen LogP contribution in [0.4, 0.5) is 5.69 Å². The van der Waals surface area contributed by atoms with E-state index in [-0.39, 0.29) is 11.7 Å². The van der Waals surface area contributed by atoms with Crippen molar-refractivity contribution in [3.05, 3.63) is 67.0 Å². The molecule has 0 radical (unpaired) electrons. The molecule has 10 heteroatoms. The highest BCUT2D eigenvalue weighted by Gasteiger charge is 2.15. The van der Waals surface area contributed by atoms with Gasteiger partial charge >= 0.3 is 0 Å². The number of carbonyl (C=O) groups excluding carboxylic acids is 1. The van der Waals surface area contributed by atoms with Gasteiger partial charge in [-0.3, -0.25) is 4.79 Å². The lowest BCUT2D eigenvalue weighted by Gasteiger charge is -2.08. The third-order valence-corrected chi connectivity index (χ3v) is 4.76. The molecule has 4 rings (SSSR count). The number of thioether (sulfide) groups is 1. The molecule has 27 heavy (non-hydrogen) atoms. The number of aryl methyl sites for hydroxylation is 1. The van der Waals surface area contributed by atoms with Crippen molar-refractivity contribution in [2.45, 2.75) is 10.9 Å². The minimum absolute atomic E-state index is 0.221. The van der Waals surface area contributed by atoms with Crippen LogP contribution in [0, 0.1) is 0 Å². The van der Waals surface area contributed by atoms with Gasteiger partial charge in [-0.1, -0.05) is 11.8 Å². The van der Waals surface area contributed by atoms with Crippen molar-refractivity contribution in [2.75, 3.05) is 5.32 Å². The van der Waals surface area contributed by atoms with Crippen LogP contribution in [-0.4, -0.2) is 35.2 Å². The molecule has 4 aromatic rings. The first-order valence-corrected chi connectivity index (χ1v) is 8.99. The van der Waals surface area contributed by atoms with Crippen LogP contribution in [0.1, 0.15) is 16.3 Å². The zero-order chi connectivity index (χ0) is 18.6. The Hall–Kier alpha value is -3.40. The largest absolute Gasteiger partial charge is 0.455 e. The second-order valence-corrected chi connectivity index (χ2v) is 6.49. The number of hydrogen-bond donors (Lipinski definition) is 1. The van der Waals surface area contributed by atoms with Crippen LogP contribution in [0.5, 0.6) is 0 Å². The lowest BCUT2D eigenvalue weighted by Crippen LogP contribution is -2.14. The summed E-state index contributed by atoms with van der Waals surface area (Å²) in [5, 5.41) is 7.72. The second kappa shape index (κ2) is 7.46. The number of carbonyl (C=O) groups is 1. The number of nitrogens with one attached hydrogen (secondary N) is 1. The highest BCUT2D eigenvalue weighted by Crippen LogP contribution is 2.23. The quantitative estimate of drug-likeness (QED) is 0.512. The van der Waals surface area contributed by atoms with Gasteiger partial charge in [0.05, 0.1) is 11.4 Å². The van der Waals surface area contributed by atoms with Crippen molar-refractivity contribution in [3.63, 3.8) is 0 Å². The van der Waals surface area contributed by atoms with Crippen molar-refractivity contribution in [1.82, 2.24) is 29.3 Å². The number of furan rings is 1. The number of aromatic nitrogens is 6. The predicted octanol–water partition coefficient (Wildman–Crippen LogP) is 2.53. The van der Waals surface area contributed by atoms with Crippen LogP contribution in [0.15, 0.2) is 65.1 Å². The monoisotopic (exact) mass is 381 g/mol. The lowest BCUT2D eigenvalue weighted by molar-refractivity contribution is 0.0995. The van der Waals surface area contributed by atoms with E-state index in [0.29, 0.717) is 23.0 Å². The maximum absolute atomic E-state index is 12.5. The van der Waals surface area contributed by atoms with Crippen LogP contribution < -0.4 is 5.32 Å². The molecule has 0 fully saturated rings. The predicted molar refractivity (Wildman–Crippen MR) is 98.6 cm³/mol. The molecule has 0 aromatic carbocycles. The van der Waals surface area contributed by atoms with Gasteiger partial charge in [0.1, 0.15) is 18.4 Å². The van der Waals surface area contributed by atoms with Gasteiger partial charge in [-0.05, 0) is 24.3 Å². The van der Waals surface area contributed by atoms with Gasteiger partial charge < -0.3 is 14.3 Å². The standard InChI is InChI=1S/C17H15N7O2S/c1-23-8-7-20-17(23)27-9-12-4-5-14(26-12)16(25)22-13-3-2-6-19-15(13)24-11-18-10-21-24/h2-8,10-11H,9H2,1H3,(H,22,25). The number of rotatable bonds is 6. The van der Waals surface area contributed by atoms with Crippen LogP contribution in [0.25, 0.3) is 5.82 Å². The molecular weight excluding hydrogens is 366 g/mol. The molecule has 136 valence electrons. The lowest BCUT2D eigenvalue weighted by atomic mass is 10.3.